The zero-order chi connectivity index (χ0) is 14.7. The third kappa shape index (κ3) is 3.60. The highest BCUT2D eigenvalue weighted by molar-refractivity contribution is 9.09. The van der Waals surface area contributed by atoms with Crippen LogP contribution in [0.4, 0.5) is 0 Å². The maximum Gasteiger partial charge on any atom is 0.0738 e. The van der Waals surface area contributed by atoms with Crippen molar-refractivity contribution in [3.05, 3.63) is 56.8 Å². The second-order valence-electron chi connectivity index (χ2n) is 6.01. The van der Waals surface area contributed by atoms with Gasteiger partial charge in [0.1, 0.15) is 0 Å². The van der Waals surface area contributed by atoms with E-state index in [9.17, 15) is 0 Å². The third-order valence-electron chi connectivity index (χ3n) is 4.33. The van der Waals surface area contributed by atoms with Gasteiger partial charge in [-0.3, -0.25) is 0 Å². The van der Waals surface area contributed by atoms with Gasteiger partial charge in [-0.2, -0.15) is 0 Å². The summed E-state index contributed by atoms with van der Waals surface area (Å²) in [7, 11) is 0. The molecule has 0 spiro atoms. The summed E-state index contributed by atoms with van der Waals surface area (Å²) >= 11 is 5.93. The second-order valence-corrected chi connectivity index (χ2v) is 8.10. The lowest BCUT2D eigenvalue weighted by Crippen LogP contribution is -1.91. The molecule has 1 heterocycles. The fraction of sp³-hybridized carbons (Fsp3) is 0.474. The number of aryl methyl sites for hydroxylation is 3. The molecule has 1 unspecified atom stereocenters. The number of fused-ring (bicyclic) bond motifs is 1. The predicted molar refractivity (Wildman–Crippen MR) is 96.8 cm³/mol. The molecule has 0 saturated carbocycles. The molecule has 0 N–H and O–H groups in total. The summed E-state index contributed by atoms with van der Waals surface area (Å²) in [5, 5.41) is 0. The van der Waals surface area contributed by atoms with Crippen LogP contribution in [0.3, 0.4) is 0 Å². The van der Waals surface area contributed by atoms with Gasteiger partial charge in [-0.1, -0.05) is 60.0 Å². The van der Waals surface area contributed by atoms with E-state index in [1.165, 1.54) is 60.9 Å². The van der Waals surface area contributed by atoms with Gasteiger partial charge < -0.3 is 0 Å². The Labute approximate surface area is 140 Å². The second kappa shape index (κ2) is 7.11. The van der Waals surface area contributed by atoms with Gasteiger partial charge in [0, 0.05) is 9.75 Å². The van der Waals surface area contributed by atoms with Crippen LogP contribution in [0.25, 0.3) is 0 Å². The van der Waals surface area contributed by atoms with Gasteiger partial charge in [-0.25, -0.2) is 0 Å². The Balaban J connectivity index is 1.79. The summed E-state index contributed by atoms with van der Waals surface area (Å²) in [4.78, 5) is 3.46. The van der Waals surface area contributed by atoms with Gasteiger partial charge >= 0.3 is 0 Å². The number of alkyl halides is 1. The molecule has 3 rings (SSSR count). The monoisotopic (exact) mass is 362 g/mol. The van der Waals surface area contributed by atoms with E-state index in [1.54, 1.807) is 10.4 Å². The first-order chi connectivity index (χ1) is 10.3. The minimum Gasteiger partial charge on any atom is -0.144 e. The van der Waals surface area contributed by atoms with Crippen LogP contribution in [0.5, 0.6) is 0 Å². The van der Waals surface area contributed by atoms with Gasteiger partial charge in [0.05, 0.1) is 4.83 Å². The van der Waals surface area contributed by atoms with Crippen molar-refractivity contribution in [1.82, 2.24) is 0 Å². The molecule has 1 atom stereocenters. The molecule has 21 heavy (non-hydrogen) atoms. The van der Waals surface area contributed by atoms with E-state index in [1.807, 2.05) is 11.3 Å². The van der Waals surface area contributed by atoms with Crippen molar-refractivity contribution in [2.45, 2.75) is 56.7 Å². The molecule has 0 radical (unpaired) electrons. The Bertz CT molecular complexity index is 559. The summed E-state index contributed by atoms with van der Waals surface area (Å²) in [6.45, 7) is 2.24. The third-order valence-corrected chi connectivity index (χ3v) is 6.95. The molecule has 1 aromatic carbocycles. The molecule has 0 nitrogen and oxygen atoms in total. The van der Waals surface area contributed by atoms with E-state index in [-0.39, 0.29) is 0 Å². The van der Waals surface area contributed by atoms with Crippen LogP contribution in [0.1, 0.15) is 63.9 Å². The molecule has 2 aromatic rings. The Morgan fingerprint density at radius 1 is 1.10 bits per heavy atom. The molecule has 2 heteroatoms. The van der Waals surface area contributed by atoms with Crippen molar-refractivity contribution >= 4 is 27.3 Å². The molecule has 1 aromatic heterocycles. The summed E-state index contributed by atoms with van der Waals surface area (Å²) in [5.74, 6) is 0. The first kappa shape index (κ1) is 15.3. The normalized spacial score (nSPS) is 16.3. The molecule has 0 fully saturated rings. The van der Waals surface area contributed by atoms with E-state index in [4.69, 9.17) is 0 Å². The van der Waals surface area contributed by atoms with E-state index in [0.29, 0.717) is 4.83 Å². The number of hydrogen-bond acceptors (Lipinski definition) is 1. The quantitative estimate of drug-likeness (QED) is 0.432. The van der Waals surface area contributed by atoms with Crippen LogP contribution in [0.15, 0.2) is 30.3 Å². The number of benzene rings is 1. The zero-order valence-electron chi connectivity index (χ0n) is 12.7. The average molecular weight is 363 g/mol. The van der Waals surface area contributed by atoms with E-state index < -0.39 is 0 Å². The van der Waals surface area contributed by atoms with Crippen LogP contribution in [-0.4, -0.2) is 0 Å². The number of thiophene rings is 1. The lowest BCUT2D eigenvalue weighted by molar-refractivity contribution is 0.712. The Morgan fingerprint density at radius 3 is 2.62 bits per heavy atom. The highest BCUT2D eigenvalue weighted by atomic mass is 79.9. The van der Waals surface area contributed by atoms with Crippen LogP contribution in [0.2, 0.25) is 0 Å². The smallest absolute Gasteiger partial charge is 0.0738 e. The Hall–Kier alpha value is -0.600. The largest absolute Gasteiger partial charge is 0.144 e. The molecular weight excluding hydrogens is 340 g/mol. The van der Waals surface area contributed by atoms with Gasteiger partial charge in [-0.05, 0) is 54.9 Å². The van der Waals surface area contributed by atoms with Gasteiger partial charge in [0.2, 0.25) is 0 Å². The number of halogens is 1. The predicted octanol–water partition coefficient (Wildman–Crippen LogP) is 6.45. The summed E-state index contributed by atoms with van der Waals surface area (Å²) in [6.07, 6.45) is 9.09. The number of hydrogen-bond donors (Lipinski definition) is 0. The molecular formula is C19H23BrS. The molecule has 0 aliphatic heterocycles. The SMILES string of the molecule is CCCc1ccc(C(Br)c2cc3c(s2)CCCCC3)cc1. The van der Waals surface area contributed by atoms with Crippen LogP contribution < -0.4 is 0 Å². The lowest BCUT2D eigenvalue weighted by atomic mass is 10.0. The maximum atomic E-state index is 3.91. The van der Waals surface area contributed by atoms with E-state index in [2.05, 4.69) is 53.2 Å². The van der Waals surface area contributed by atoms with Crippen molar-refractivity contribution in [2.75, 3.05) is 0 Å². The first-order valence-corrected chi connectivity index (χ1v) is 9.85. The highest BCUT2D eigenvalue weighted by Gasteiger charge is 2.18. The van der Waals surface area contributed by atoms with E-state index >= 15 is 0 Å². The van der Waals surface area contributed by atoms with Crippen molar-refractivity contribution in [2.24, 2.45) is 0 Å². The topological polar surface area (TPSA) is 0 Å². The number of rotatable bonds is 4. The van der Waals surface area contributed by atoms with Crippen molar-refractivity contribution in [1.29, 1.82) is 0 Å². The highest BCUT2D eigenvalue weighted by Crippen LogP contribution is 2.39. The van der Waals surface area contributed by atoms with E-state index in [0.717, 1.165) is 0 Å². The lowest BCUT2D eigenvalue weighted by Gasteiger charge is -2.09. The summed E-state index contributed by atoms with van der Waals surface area (Å²) < 4.78 is 0. The minimum absolute atomic E-state index is 0.352. The maximum absolute atomic E-state index is 3.91. The fourth-order valence-electron chi connectivity index (χ4n) is 3.12. The molecule has 0 saturated heterocycles. The first-order valence-electron chi connectivity index (χ1n) is 8.12. The Morgan fingerprint density at radius 2 is 1.86 bits per heavy atom. The molecule has 1 aliphatic carbocycles. The fourth-order valence-corrected chi connectivity index (χ4v) is 5.10. The van der Waals surface area contributed by atoms with Crippen LogP contribution in [-0.2, 0) is 19.3 Å². The molecule has 0 bridgehead atoms. The Kier molecular flexibility index (Phi) is 5.18. The van der Waals surface area contributed by atoms with Crippen molar-refractivity contribution < 1.29 is 0 Å². The average Bonchev–Trinajstić information content (AvgIpc) is 2.79. The van der Waals surface area contributed by atoms with Crippen LogP contribution >= 0.6 is 27.3 Å². The van der Waals surface area contributed by atoms with Gasteiger partial charge in [0.25, 0.3) is 0 Å². The zero-order valence-corrected chi connectivity index (χ0v) is 15.1. The minimum atomic E-state index is 0.352. The molecule has 0 amide bonds. The van der Waals surface area contributed by atoms with Crippen LogP contribution in [0, 0.1) is 0 Å². The van der Waals surface area contributed by atoms with Crippen molar-refractivity contribution in [3.8, 4) is 0 Å². The summed E-state index contributed by atoms with van der Waals surface area (Å²) in [6, 6.07) is 11.6. The molecule has 112 valence electrons. The van der Waals surface area contributed by atoms with Crippen molar-refractivity contribution in [3.63, 3.8) is 0 Å². The standard InChI is InChI=1S/C19H23BrS/c1-2-6-14-9-11-15(12-10-14)19(20)18-13-16-7-4-3-5-8-17(16)21-18/h9-13,19H,2-8H2,1H3. The van der Waals surface area contributed by atoms with Gasteiger partial charge in [0.15, 0.2) is 0 Å². The van der Waals surface area contributed by atoms with Gasteiger partial charge in [-0.15, -0.1) is 11.3 Å². The molecule has 1 aliphatic rings. The summed E-state index contributed by atoms with van der Waals surface area (Å²) in [5.41, 5.74) is 4.44.